The molecule has 0 saturated carbocycles. The highest BCUT2D eigenvalue weighted by Crippen LogP contribution is 2.21. The maximum atomic E-state index is 11.4. The number of fused-ring (bicyclic) bond motifs is 3. The van der Waals surface area contributed by atoms with E-state index in [1.807, 2.05) is 0 Å². The zero-order valence-corrected chi connectivity index (χ0v) is 8.97. The summed E-state index contributed by atoms with van der Waals surface area (Å²) in [7, 11) is 1.34. The lowest BCUT2D eigenvalue weighted by atomic mass is 10.2. The largest absolute Gasteiger partial charge is 0.465 e. The molecule has 17 heavy (non-hydrogen) atoms. The fourth-order valence-electron chi connectivity index (χ4n) is 1.73. The van der Waals surface area contributed by atoms with Gasteiger partial charge in [-0.2, -0.15) is 0 Å². The van der Waals surface area contributed by atoms with Gasteiger partial charge in [-0.15, -0.1) is 0 Å². The summed E-state index contributed by atoms with van der Waals surface area (Å²) >= 11 is 0. The number of esters is 1. The number of rotatable bonds is 1. The zero-order valence-electron chi connectivity index (χ0n) is 8.97. The summed E-state index contributed by atoms with van der Waals surface area (Å²) in [5, 5.41) is 0.832. The van der Waals surface area contributed by atoms with E-state index in [9.17, 15) is 4.79 Å². The molecular weight excluding hydrogens is 220 g/mol. The standard InChI is InChI=1S/C11H8N4O2/c1-17-11(16)6-2-8-9(13-3-6)7-4-12-5-14-10(7)15-8/h2-5H,1H3,(H,12,14,15). The first kappa shape index (κ1) is 9.71. The number of aromatic nitrogens is 4. The van der Waals surface area contributed by atoms with Crippen LogP contribution in [0.2, 0.25) is 0 Å². The molecule has 0 aliphatic rings. The molecule has 0 saturated heterocycles. The average Bonchev–Trinajstić information content (AvgIpc) is 2.75. The fourth-order valence-corrected chi connectivity index (χ4v) is 1.73. The van der Waals surface area contributed by atoms with Crippen LogP contribution >= 0.6 is 0 Å². The number of nitrogens with one attached hydrogen (secondary N) is 1. The Morgan fingerprint density at radius 1 is 1.35 bits per heavy atom. The summed E-state index contributed by atoms with van der Waals surface area (Å²) in [5.41, 5.74) is 2.58. The predicted octanol–water partition coefficient (Wildman–Crippen LogP) is 1.29. The van der Waals surface area contributed by atoms with Crippen molar-refractivity contribution in [3.05, 3.63) is 30.4 Å². The minimum atomic E-state index is -0.413. The van der Waals surface area contributed by atoms with Gasteiger partial charge in [0.2, 0.25) is 0 Å². The lowest BCUT2D eigenvalue weighted by Gasteiger charge is -1.97. The Labute approximate surface area is 95.7 Å². The lowest BCUT2D eigenvalue weighted by molar-refractivity contribution is 0.0600. The number of pyridine rings is 1. The quantitative estimate of drug-likeness (QED) is 0.635. The Hall–Kier alpha value is -2.50. The molecule has 0 bridgehead atoms. The first-order valence-electron chi connectivity index (χ1n) is 4.95. The molecule has 6 heteroatoms. The monoisotopic (exact) mass is 228 g/mol. The molecule has 1 N–H and O–H groups in total. The van der Waals surface area contributed by atoms with E-state index >= 15 is 0 Å². The Morgan fingerprint density at radius 2 is 2.24 bits per heavy atom. The van der Waals surface area contributed by atoms with E-state index in [0.29, 0.717) is 11.2 Å². The molecule has 3 rings (SSSR count). The third kappa shape index (κ3) is 1.42. The Balaban J connectivity index is 2.30. The molecule has 0 spiro atoms. The molecular formula is C11H8N4O2. The van der Waals surface area contributed by atoms with Crippen LogP contribution in [0.5, 0.6) is 0 Å². The topological polar surface area (TPSA) is 80.8 Å². The van der Waals surface area contributed by atoms with Gasteiger partial charge in [-0.25, -0.2) is 14.8 Å². The third-order valence-electron chi connectivity index (χ3n) is 2.53. The van der Waals surface area contributed by atoms with Crippen LogP contribution in [0.4, 0.5) is 0 Å². The molecule has 3 aromatic heterocycles. The van der Waals surface area contributed by atoms with Gasteiger partial charge in [0.1, 0.15) is 12.0 Å². The summed E-state index contributed by atoms with van der Waals surface area (Å²) in [5.74, 6) is -0.413. The Morgan fingerprint density at radius 3 is 3.06 bits per heavy atom. The molecule has 0 aliphatic carbocycles. The van der Waals surface area contributed by atoms with Crippen molar-refractivity contribution in [3.8, 4) is 0 Å². The number of hydrogen-bond donors (Lipinski definition) is 1. The van der Waals surface area contributed by atoms with Gasteiger partial charge < -0.3 is 9.72 Å². The number of nitrogens with zero attached hydrogens (tertiary/aromatic N) is 3. The van der Waals surface area contributed by atoms with E-state index in [1.54, 1.807) is 12.3 Å². The number of carbonyl (C=O) groups is 1. The first-order valence-corrected chi connectivity index (χ1v) is 4.95. The number of methoxy groups -OCH3 is 1. The highest BCUT2D eigenvalue weighted by molar-refractivity contribution is 6.04. The van der Waals surface area contributed by atoms with Crippen molar-refractivity contribution in [1.29, 1.82) is 0 Å². The van der Waals surface area contributed by atoms with Crippen molar-refractivity contribution in [2.45, 2.75) is 0 Å². The van der Waals surface area contributed by atoms with Crippen LogP contribution in [-0.2, 0) is 4.74 Å². The molecule has 0 amide bonds. The fraction of sp³-hybridized carbons (Fsp3) is 0.0909. The van der Waals surface area contributed by atoms with Crippen molar-refractivity contribution in [1.82, 2.24) is 19.9 Å². The zero-order chi connectivity index (χ0) is 11.8. The van der Waals surface area contributed by atoms with Crippen molar-refractivity contribution in [2.75, 3.05) is 7.11 Å². The van der Waals surface area contributed by atoms with Gasteiger partial charge in [0.25, 0.3) is 0 Å². The van der Waals surface area contributed by atoms with Crippen molar-refractivity contribution < 1.29 is 9.53 Å². The van der Waals surface area contributed by atoms with Crippen LogP contribution in [0.1, 0.15) is 10.4 Å². The number of hydrogen-bond acceptors (Lipinski definition) is 5. The highest BCUT2D eigenvalue weighted by Gasteiger charge is 2.11. The maximum absolute atomic E-state index is 11.4. The molecule has 0 fully saturated rings. The van der Waals surface area contributed by atoms with E-state index in [4.69, 9.17) is 0 Å². The maximum Gasteiger partial charge on any atom is 0.339 e. The van der Waals surface area contributed by atoms with Crippen molar-refractivity contribution in [2.24, 2.45) is 0 Å². The summed E-state index contributed by atoms with van der Waals surface area (Å²) < 4.78 is 4.64. The van der Waals surface area contributed by atoms with Crippen LogP contribution in [0, 0.1) is 0 Å². The number of aromatic amines is 1. The molecule has 0 aliphatic heterocycles. The van der Waals surface area contributed by atoms with Crippen molar-refractivity contribution in [3.63, 3.8) is 0 Å². The lowest BCUT2D eigenvalue weighted by Crippen LogP contribution is -2.01. The minimum absolute atomic E-state index is 0.402. The van der Waals surface area contributed by atoms with E-state index in [2.05, 4.69) is 24.7 Å². The number of carbonyl (C=O) groups excluding carboxylic acids is 1. The van der Waals surface area contributed by atoms with Gasteiger partial charge >= 0.3 is 5.97 Å². The summed E-state index contributed by atoms with van der Waals surface area (Å²) in [4.78, 5) is 26.7. The average molecular weight is 228 g/mol. The molecule has 6 nitrogen and oxygen atoms in total. The van der Waals surface area contributed by atoms with E-state index in [1.165, 1.54) is 19.6 Å². The van der Waals surface area contributed by atoms with E-state index in [-0.39, 0.29) is 0 Å². The Bertz CT molecular complexity index is 720. The van der Waals surface area contributed by atoms with Gasteiger partial charge in [-0.3, -0.25) is 4.98 Å². The van der Waals surface area contributed by atoms with Crippen LogP contribution in [0.25, 0.3) is 22.1 Å². The number of ether oxygens (including phenoxy) is 1. The van der Waals surface area contributed by atoms with Gasteiger partial charge in [-0.1, -0.05) is 0 Å². The van der Waals surface area contributed by atoms with E-state index < -0.39 is 5.97 Å². The van der Waals surface area contributed by atoms with Crippen LogP contribution in [-0.4, -0.2) is 33.0 Å². The molecule has 0 atom stereocenters. The van der Waals surface area contributed by atoms with Crippen LogP contribution in [0.3, 0.4) is 0 Å². The van der Waals surface area contributed by atoms with Crippen LogP contribution < -0.4 is 0 Å². The van der Waals surface area contributed by atoms with Gasteiger partial charge in [0, 0.05) is 12.4 Å². The molecule has 0 radical (unpaired) electrons. The summed E-state index contributed by atoms with van der Waals surface area (Å²) in [6, 6.07) is 1.69. The number of H-pyrrole nitrogens is 1. The van der Waals surface area contributed by atoms with Crippen LogP contribution in [0.15, 0.2) is 24.8 Å². The summed E-state index contributed by atoms with van der Waals surface area (Å²) in [6.07, 6.45) is 4.62. The summed E-state index contributed by atoms with van der Waals surface area (Å²) in [6.45, 7) is 0. The molecule has 0 unspecified atom stereocenters. The smallest absolute Gasteiger partial charge is 0.339 e. The SMILES string of the molecule is COC(=O)c1cnc2c(c1)[nH]c1ncncc12. The third-order valence-corrected chi connectivity index (χ3v) is 2.53. The molecule has 3 heterocycles. The second-order valence-electron chi connectivity index (χ2n) is 3.52. The predicted molar refractivity (Wildman–Crippen MR) is 60.5 cm³/mol. The molecule has 3 aromatic rings. The van der Waals surface area contributed by atoms with Gasteiger partial charge in [-0.05, 0) is 6.07 Å². The first-order chi connectivity index (χ1) is 8.29. The molecule has 84 valence electrons. The second kappa shape index (κ2) is 3.51. The van der Waals surface area contributed by atoms with E-state index in [0.717, 1.165) is 16.4 Å². The molecule has 0 aromatic carbocycles. The highest BCUT2D eigenvalue weighted by atomic mass is 16.5. The van der Waals surface area contributed by atoms with Crippen molar-refractivity contribution >= 4 is 28.0 Å². The normalized spacial score (nSPS) is 10.9. The minimum Gasteiger partial charge on any atom is -0.465 e. The van der Waals surface area contributed by atoms with Gasteiger partial charge in [0.15, 0.2) is 0 Å². The second-order valence-corrected chi connectivity index (χ2v) is 3.52. The Kier molecular flexibility index (Phi) is 2.01. The van der Waals surface area contributed by atoms with Gasteiger partial charge in [0.05, 0.1) is 29.1 Å².